The van der Waals surface area contributed by atoms with Crippen LogP contribution in [0.3, 0.4) is 0 Å². The van der Waals surface area contributed by atoms with Gasteiger partial charge in [0, 0.05) is 51.6 Å². The first-order valence-electron chi connectivity index (χ1n) is 8.09. The maximum Gasteiger partial charge on any atom is 0.223 e. The Bertz CT molecular complexity index is 518. The van der Waals surface area contributed by atoms with E-state index in [0.29, 0.717) is 5.13 Å². The van der Waals surface area contributed by atoms with Crippen LogP contribution in [0, 0.1) is 5.41 Å². The Morgan fingerprint density at radius 2 is 1.96 bits per heavy atom. The van der Waals surface area contributed by atoms with Crippen molar-refractivity contribution in [1.82, 2.24) is 14.8 Å². The van der Waals surface area contributed by atoms with Crippen LogP contribution in [0.4, 0.5) is 5.13 Å². The Labute approximate surface area is 142 Å². The zero-order valence-corrected chi connectivity index (χ0v) is 15.3. The molecule has 0 saturated carbocycles. The molecule has 1 amide bonds. The van der Waals surface area contributed by atoms with E-state index in [-0.39, 0.29) is 17.4 Å². The molecule has 0 spiro atoms. The summed E-state index contributed by atoms with van der Waals surface area (Å²) in [6, 6.07) is 0. The monoisotopic (exact) mass is 340 g/mol. The summed E-state index contributed by atoms with van der Waals surface area (Å²) < 4.78 is 0. The van der Waals surface area contributed by atoms with Crippen molar-refractivity contribution in [1.29, 1.82) is 0 Å². The number of piperazine rings is 1. The lowest BCUT2D eigenvalue weighted by Gasteiger charge is -2.37. The van der Waals surface area contributed by atoms with Gasteiger partial charge in [0.05, 0.1) is 11.8 Å². The Kier molecular flexibility index (Phi) is 6.13. The lowest BCUT2D eigenvalue weighted by Crippen LogP contribution is -2.49. The van der Waals surface area contributed by atoms with Gasteiger partial charge in [-0.3, -0.25) is 14.6 Å². The third-order valence-electron chi connectivity index (χ3n) is 4.12. The molecule has 1 aromatic rings. The maximum atomic E-state index is 11.0. The Morgan fingerprint density at radius 1 is 1.35 bits per heavy atom. The van der Waals surface area contributed by atoms with Crippen LogP contribution in [0.1, 0.15) is 33.4 Å². The van der Waals surface area contributed by atoms with Gasteiger partial charge in [-0.1, -0.05) is 20.8 Å². The third-order valence-corrected chi connectivity index (χ3v) is 4.92. The summed E-state index contributed by atoms with van der Waals surface area (Å²) in [6.45, 7) is 13.1. The van der Waals surface area contributed by atoms with Crippen molar-refractivity contribution in [2.24, 2.45) is 5.41 Å². The summed E-state index contributed by atoms with van der Waals surface area (Å²) in [5, 5.41) is 15.6. The van der Waals surface area contributed by atoms with Crippen molar-refractivity contribution >= 4 is 22.4 Å². The van der Waals surface area contributed by atoms with Crippen molar-refractivity contribution in [3.05, 3.63) is 11.1 Å². The number of anilines is 1. The number of carbonyl (C=O) groups is 1. The first kappa shape index (κ1) is 18.3. The molecule has 2 rings (SSSR count). The summed E-state index contributed by atoms with van der Waals surface area (Å²) >= 11 is 1.46. The van der Waals surface area contributed by atoms with E-state index >= 15 is 0 Å². The van der Waals surface area contributed by atoms with Crippen LogP contribution in [0.5, 0.6) is 0 Å². The minimum absolute atomic E-state index is 0.0716. The predicted molar refractivity (Wildman–Crippen MR) is 93.6 cm³/mol. The molecule has 0 aromatic carbocycles. The number of amides is 1. The molecule has 23 heavy (non-hydrogen) atoms. The van der Waals surface area contributed by atoms with Crippen LogP contribution >= 0.6 is 11.3 Å². The molecular weight excluding hydrogens is 312 g/mol. The number of nitrogens with one attached hydrogen (secondary N) is 1. The largest absolute Gasteiger partial charge is 0.391 e. The molecule has 0 unspecified atom stereocenters. The van der Waals surface area contributed by atoms with E-state index in [1.807, 2.05) is 5.38 Å². The highest BCUT2D eigenvalue weighted by Gasteiger charge is 2.26. The van der Waals surface area contributed by atoms with Crippen LogP contribution in [-0.4, -0.2) is 64.6 Å². The molecule has 1 atom stereocenters. The second-order valence-electron chi connectivity index (χ2n) is 7.28. The van der Waals surface area contributed by atoms with Crippen molar-refractivity contribution in [3.63, 3.8) is 0 Å². The molecule has 1 fully saturated rings. The molecule has 7 heteroatoms. The normalized spacial score (nSPS) is 18.8. The summed E-state index contributed by atoms with van der Waals surface area (Å²) in [6.07, 6.45) is -0.298. The van der Waals surface area contributed by atoms with E-state index in [0.717, 1.165) is 45.0 Å². The van der Waals surface area contributed by atoms with E-state index < -0.39 is 0 Å². The lowest BCUT2D eigenvalue weighted by atomic mass is 9.89. The Hall–Kier alpha value is -1.02. The van der Waals surface area contributed by atoms with E-state index in [1.54, 1.807) is 0 Å². The van der Waals surface area contributed by atoms with E-state index in [4.69, 9.17) is 0 Å². The minimum atomic E-state index is -0.298. The van der Waals surface area contributed by atoms with Crippen molar-refractivity contribution in [2.45, 2.75) is 40.3 Å². The molecule has 1 aliphatic rings. The van der Waals surface area contributed by atoms with Crippen LogP contribution in [0.25, 0.3) is 0 Å². The van der Waals surface area contributed by atoms with Gasteiger partial charge >= 0.3 is 0 Å². The van der Waals surface area contributed by atoms with Gasteiger partial charge in [0.15, 0.2) is 5.13 Å². The van der Waals surface area contributed by atoms with Gasteiger partial charge in [-0.15, -0.1) is 11.3 Å². The summed E-state index contributed by atoms with van der Waals surface area (Å²) in [7, 11) is 0. The van der Waals surface area contributed by atoms with Gasteiger partial charge in [0.1, 0.15) is 0 Å². The fraction of sp³-hybridized carbons (Fsp3) is 0.750. The number of nitrogens with zero attached hydrogens (tertiary/aromatic N) is 3. The highest BCUT2D eigenvalue weighted by Crippen LogP contribution is 2.21. The van der Waals surface area contributed by atoms with Crippen LogP contribution in [0.15, 0.2) is 5.38 Å². The molecule has 130 valence electrons. The average Bonchev–Trinajstić information content (AvgIpc) is 2.86. The molecule has 1 aromatic heterocycles. The molecule has 0 radical (unpaired) electrons. The highest BCUT2D eigenvalue weighted by molar-refractivity contribution is 7.13. The summed E-state index contributed by atoms with van der Waals surface area (Å²) in [4.78, 5) is 20.2. The molecule has 2 heterocycles. The quantitative estimate of drug-likeness (QED) is 0.853. The van der Waals surface area contributed by atoms with E-state index in [2.05, 4.69) is 40.9 Å². The molecule has 0 aliphatic carbocycles. The molecule has 6 nitrogen and oxygen atoms in total. The fourth-order valence-electron chi connectivity index (χ4n) is 2.47. The lowest BCUT2D eigenvalue weighted by molar-refractivity contribution is -0.114. The standard InChI is InChI=1S/C16H28N4O2S/c1-12(21)17-15-18-13(11-23-15)9-19-5-7-20(8-6-19)10-14(22)16(2,3)4/h11,14,22H,5-10H2,1-4H3,(H,17,18,21)/t14-/m1/s1. The zero-order chi connectivity index (χ0) is 17.0. The molecule has 1 saturated heterocycles. The molecular formula is C16H28N4O2S. The summed E-state index contributed by atoms with van der Waals surface area (Å²) in [5.74, 6) is -0.0862. The number of aromatic nitrogens is 1. The van der Waals surface area contributed by atoms with E-state index in [1.165, 1.54) is 18.3 Å². The summed E-state index contributed by atoms with van der Waals surface area (Å²) in [5.41, 5.74) is 0.930. The number of carbonyl (C=O) groups excluding carboxylic acids is 1. The molecule has 1 aliphatic heterocycles. The van der Waals surface area contributed by atoms with Crippen molar-refractivity contribution in [2.75, 3.05) is 38.0 Å². The number of hydrogen-bond donors (Lipinski definition) is 2. The van der Waals surface area contributed by atoms with E-state index in [9.17, 15) is 9.90 Å². The van der Waals surface area contributed by atoms with Gasteiger partial charge < -0.3 is 10.4 Å². The van der Waals surface area contributed by atoms with Gasteiger partial charge in [-0.2, -0.15) is 0 Å². The molecule has 0 bridgehead atoms. The SMILES string of the molecule is CC(=O)Nc1nc(CN2CCN(C[C@@H](O)C(C)(C)C)CC2)cs1. The minimum Gasteiger partial charge on any atom is -0.391 e. The van der Waals surface area contributed by atoms with Crippen LogP contribution in [0.2, 0.25) is 0 Å². The van der Waals surface area contributed by atoms with Gasteiger partial charge in [0.2, 0.25) is 5.91 Å². The maximum absolute atomic E-state index is 11.0. The van der Waals surface area contributed by atoms with Crippen molar-refractivity contribution < 1.29 is 9.90 Å². The zero-order valence-electron chi connectivity index (χ0n) is 14.5. The Balaban J connectivity index is 1.76. The number of aliphatic hydroxyl groups excluding tert-OH is 1. The number of rotatable bonds is 5. The third kappa shape index (κ3) is 5.84. The van der Waals surface area contributed by atoms with Gasteiger partial charge in [-0.25, -0.2) is 4.98 Å². The number of hydrogen-bond acceptors (Lipinski definition) is 6. The second kappa shape index (κ2) is 7.70. The smallest absolute Gasteiger partial charge is 0.223 e. The van der Waals surface area contributed by atoms with Crippen LogP contribution in [-0.2, 0) is 11.3 Å². The Morgan fingerprint density at radius 3 is 2.52 bits per heavy atom. The highest BCUT2D eigenvalue weighted by atomic mass is 32.1. The predicted octanol–water partition coefficient (Wildman–Crippen LogP) is 1.63. The van der Waals surface area contributed by atoms with Crippen molar-refractivity contribution in [3.8, 4) is 0 Å². The number of β-amino-alcohol motifs (C(OH)–C–C–N with tert-alkyl or cyclic N) is 1. The fourth-order valence-corrected chi connectivity index (χ4v) is 3.21. The first-order chi connectivity index (χ1) is 10.7. The number of aliphatic hydroxyl groups is 1. The topological polar surface area (TPSA) is 68.7 Å². The van der Waals surface area contributed by atoms with Crippen LogP contribution < -0.4 is 5.32 Å². The van der Waals surface area contributed by atoms with Gasteiger partial charge in [-0.05, 0) is 5.41 Å². The molecule has 2 N–H and O–H groups in total. The second-order valence-corrected chi connectivity index (χ2v) is 8.14. The average molecular weight is 340 g/mol. The van der Waals surface area contributed by atoms with Gasteiger partial charge in [0.25, 0.3) is 0 Å². The number of thiazole rings is 1. The first-order valence-corrected chi connectivity index (χ1v) is 8.97.